The number of hydrogen-bond acceptors (Lipinski definition) is 6. The third-order valence-electron chi connectivity index (χ3n) is 4.47. The van der Waals surface area contributed by atoms with E-state index in [0.717, 1.165) is 37.1 Å². The lowest BCUT2D eigenvalue weighted by molar-refractivity contribution is 0.208. The van der Waals surface area contributed by atoms with Crippen LogP contribution in [0.15, 0.2) is 36.5 Å². The monoisotopic (exact) mass is 341 g/mol. The summed E-state index contributed by atoms with van der Waals surface area (Å²) in [5.41, 5.74) is 1.32. The number of anilines is 2. The third kappa shape index (κ3) is 4.82. The molecular formula is C19H27N5O. The standard InChI is InChI=1S/C19H27N5O/c1-23(2)19-20-11-10-18(22-19)21-16-5-4-12-24(14-16)13-15-6-8-17(25-3)9-7-15/h6-11,16H,4-5,12-14H2,1-3H3,(H,20,21,22). The van der Waals surface area contributed by atoms with E-state index >= 15 is 0 Å². The fraction of sp³-hybridized carbons (Fsp3) is 0.474. The average molecular weight is 341 g/mol. The number of hydrogen-bond donors (Lipinski definition) is 1. The van der Waals surface area contributed by atoms with Crippen molar-refractivity contribution in [3.05, 3.63) is 42.1 Å². The summed E-state index contributed by atoms with van der Waals surface area (Å²) in [5, 5.41) is 3.57. The van der Waals surface area contributed by atoms with E-state index in [0.29, 0.717) is 6.04 Å². The predicted octanol–water partition coefficient (Wildman–Crippen LogP) is 2.63. The molecule has 1 aromatic carbocycles. The number of nitrogens with zero attached hydrogens (tertiary/aromatic N) is 4. The van der Waals surface area contributed by atoms with Crippen molar-refractivity contribution in [2.75, 3.05) is 44.5 Å². The molecule has 0 aliphatic carbocycles. The van der Waals surface area contributed by atoms with Crippen LogP contribution >= 0.6 is 0 Å². The van der Waals surface area contributed by atoms with Crippen LogP contribution in [-0.2, 0) is 6.54 Å². The lowest BCUT2D eigenvalue weighted by Gasteiger charge is -2.33. The lowest BCUT2D eigenvalue weighted by Crippen LogP contribution is -2.41. The minimum absolute atomic E-state index is 0.414. The molecule has 2 heterocycles. The summed E-state index contributed by atoms with van der Waals surface area (Å²) in [6.45, 7) is 3.12. The molecule has 6 nitrogen and oxygen atoms in total. The Morgan fingerprint density at radius 2 is 2.04 bits per heavy atom. The molecule has 1 N–H and O–H groups in total. The zero-order valence-corrected chi connectivity index (χ0v) is 15.3. The highest BCUT2D eigenvalue weighted by Gasteiger charge is 2.20. The van der Waals surface area contributed by atoms with E-state index in [1.165, 1.54) is 18.4 Å². The number of likely N-dealkylation sites (tertiary alicyclic amines) is 1. The first-order valence-corrected chi connectivity index (χ1v) is 8.76. The molecule has 1 fully saturated rings. The van der Waals surface area contributed by atoms with Crippen LogP contribution in [-0.4, -0.2) is 55.2 Å². The maximum absolute atomic E-state index is 5.23. The highest BCUT2D eigenvalue weighted by molar-refractivity contribution is 5.41. The van der Waals surface area contributed by atoms with Gasteiger partial charge in [0, 0.05) is 39.4 Å². The molecule has 134 valence electrons. The van der Waals surface area contributed by atoms with E-state index in [2.05, 4.69) is 32.3 Å². The number of piperidine rings is 1. The number of methoxy groups -OCH3 is 1. The number of aromatic nitrogens is 2. The number of nitrogens with one attached hydrogen (secondary N) is 1. The highest BCUT2D eigenvalue weighted by Crippen LogP contribution is 2.19. The second-order valence-corrected chi connectivity index (χ2v) is 6.70. The molecule has 1 aliphatic rings. The molecule has 3 rings (SSSR count). The van der Waals surface area contributed by atoms with Crippen molar-refractivity contribution in [1.29, 1.82) is 0 Å². The Balaban J connectivity index is 1.58. The van der Waals surface area contributed by atoms with Gasteiger partial charge in [-0.3, -0.25) is 4.90 Å². The first kappa shape index (κ1) is 17.5. The average Bonchev–Trinajstić information content (AvgIpc) is 2.63. The molecule has 2 aromatic rings. The van der Waals surface area contributed by atoms with E-state index in [1.807, 2.05) is 43.4 Å². The second-order valence-electron chi connectivity index (χ2n) is 6.70. The fourth-order valence-electron chi connectivity index (χ4n) is 3.16. The Hall–Kier alpha value is -2.34. The van der Waals surface area contributed by atoms with Gasteiger partial charge in [0.15, 0.2) is 0 Å². The Kier molecular flexibility index (Phi) is 5.71. The van der Waals surface area contributed by atoms with Crippen molar-refractivity contribution in [2.24, 2.45) is 0 Å². The van der Waals surface area contributed by atoms with Crippen LogP contribution in [0, 0.1) is 0 Å². The number of benzene rings is 1. The normalized spacial score (nSPS) is 18.0. The van der Waals surface area contributed by atoms with Crippen LogP contribution in [0.2, 0.25) is 0 Å². The molecule has 0 saturated carbocycles. The molecule has 0 bridgehead atoms. The predicted molar refractivity (Wildman–Crippen MR) is 101 cm³/mol. The fourth-order valence-corrected chi connectivity index (χ4v) is 3.16. The van der Waals surface area contributed by atoms with Crippen LogP contribution in [0.1, 0.15) is 18.4 Å². The maximum atomic E-state index is 5.23. The molecule has 1 saturated heterocycles. The molecule has 1 atom stereocenters. The van der Waals surface area contributed by atoms with Crippen molar-refractivity contribution in [3.63, 3.8) is 0 Å². The van der Waals surface area contributed by atoms with Crippen molar-refractivity contribution in [1.82, 2.24) is 14.9 Å². The Morgan fingerprint density at radius 3 is 2.76 bits per heavy atom. The van der Waals surface area contributed by atoms with Crippen molar-refractivity contribution < 1.29 is 4.74 Å². The van der Waals surface area contributed by atoms with Crippen molar-refractivity contribution >= 4 is 11.8 Å². The first-order chi connectivity index (χ1) is 12.1. The van der Waals surface area contributed by atoms with Crippen LogP contribution in [0.4, 0.5) is 11.8 Å². The minimum atomic E-state index is 0.414. The molecule has 0 spiro atoms. The number of ether oxygens (including phenoxy) is 1. The first-order valence-electron chi connectivity index (χ1n) is 8.76. The van der Waals surface area contributed by atoms with Gasteiger partial charge >= 0.3 is 0 Å². The molecule has 1 aliphatic heterocycles. The van der Waals surface area contributed by atoms with E-state index in [4.69, 9.17) is 4.74 Å². The highest BCUT2D eigenvalue weighted by atomic mass is 16.5. The topological polar surface area (TPSA) is 53.5 Å². The van der Waals surface area contributed by atoms with E-state index in [-0.39, 0.29) is 0 Å². The van der Waals surface area contributed by atoms with Gasteiger partial charge in [-0.05, 0) is 43.1 Å². The van der Waals surface area contributed by atoms with Gasteiger partial charge in [-0.1, -0.05) is 12.1 Å². The zero-order valence-electron chi connectivity index (χ0n) is 15.3. The Morgan fingerprint density at radius 1 is 1.24 bits per heavy atom. The molecule has 0 amide bonds. The SMILES string of the molecule is COc1ccc(CN2CCCC(Nc3ccnc(N(C)C)n3)C2)cc1. The van der Waals surface area contributed by atoms with Gasteiger partial charge in [-0.25, -0.2) is 4.98 Å². The Labute approximate surface area is 149 Å². The lowest BCUT2D eigenvalue weighted by atomic mass is 10.0. The zero-order chi connectivity index (χ0) is 17.6. The summed E-state index contributed by atoms with van der Waals surface area (Å²) in [6.07, 6.45) is 4.17. The summed E-state index contributed by atoms with van der Waals surface area (Å²) >= 11 is 0. The van der Waals surface area contributed by atoms with E-state index in [9.17, 15) is 0 Å². The Bertz CT molecular complexity index is 674. The van der Waals surface area contributed by atoms with Gasteiger partial charge in [-0.15, -0.1) is 0 Å². The van der Waals surface area contributed by atoms with Gasteiger partial charge in [0.05, 0.1) is 7.11 Å². The molecule has 25 heavy (non-hydrogen) atoms. The smallest absolute Gasteiger partial charge is 0.226 e. The summed E-state index contributed by atoms with van der Waals surface area (Å²) in [5.74, 6) is 2.54. The summed E-state index contributed by atoms with van der Waals surface area (Å²) in [4.78, 5) is 13.3. The van der Waals surface area contributed by atoms with E-state index in [1.54, 1.807) is 7.11 Å². The van der Waals surface area contributed by atoms with Gasteiger partial charge in [0.25, 0.3) is 0 Å². The largest absolute Gasteiger partial charge is 0.497 e. The quantitative estimate of drug-likeness (QED) is 0.872. The van der Waals surface area contributed by atoms with E-state index < -0.39 is 0 Å². The molecule has 1 aromatic heterocycles. The molecule has 1 unspecified atom stereocenters. The number of rotatable bonds is 6. The van der Waals surface area contributed by atoms with Gasteiger partial charge in [-0.2, -0.15) is 4.98 Å². The van der Waals surface area contributed by atoms with Crippen LogP contribution in [0.3, 0.4) is 0 Å². The molecular weight excluding hydrogens is 314 g/mol. The van der Waals surface area contributed by atoms with Crippen LogP contribution < -0.4 is 15.0 Å². The van der Waals surface area contributed by atoms with Gasteiger partial charge in [0.2, 0.25) is 5.95 Å². The minimum Gasteiger partial charge on any atom is -0.497 e. The van der Waals surface area contributed by atoms with Gasteiger partial charge in [0.1, 0.15) is 11.6 Å². The molecule has 0 radical (unpaired) electrons. The maximum Gasteiger partial charge on any atom is 0.226 e. The summed E-state index contributed by atoms with van der Waals surface area (Å²) in [7, 11) is 5.61. The summed E-state index contributed by atoms with van der Waals surface area (Å²) < 4.78 is 5.23. The van der Waals surface area contributed by atoms with Crippen molar-refractivity contribution in [3.8, 4) is 5.75 Å². The van der Waals surface area contributed by atoms with Crippen LogP contribution in [0.25, 0.3) is 0 Å². The molecule has 6 heteroatoms. The second kappa shape index (κ2) is 8.16. The van der Waals surface area contributed by atoms with Crippen LogP contribution in [0.5, 0.6) is 5.75 Å². The third-order valence-corrected chi connectivity index (χ3v) is 4.47. The van der Waals surface area contributed by atoms with Crippen molar-refractivity contribution in [2.45, 2.75) is 25.4 Å². The van der Waals surface area contributed by atoms with Gasteiger partial charge < -0.3 is 15.0 Å². The summed E-state index contributed by atoms with van der Waals surface area (Å²) in [6, 6.07) is 10.7.